The Balaban J connectivity index is 2.13. The number of carboxylic acids is 1. The van der Waals surface area contributed by atoms with Crippen molar-refractivity contribution >= 4 is 49.5 Å². The van der Waals surface area contributed by atoms with Crippen molar-refractivity contribution in [3.8, 4) is 0 Å². The van der Waals surface area contributed by atoms with Gasteiger partial charge in [0.1, 0.15) is 6.04 Å². The number of halogens is 2. The number of hydrogen-bond donors (Lipinski definition) is 2. The highest BCUT2D eigenvalue weighted by Gasteiger charge is 2.40. The molecule has 2 amide bonds. The summed E-state index contributed by atoms with van der Waals surface area (Å²) >= 11 is 6.68. The maximum Gasteiger partial charge on any atom is 0.326 e. The van der Waals surface area contributed by atoms with Gasteiger partial charge in [0.15, 0.2) is 0 Å². The van der Waals surface area contributed by atoms with Gasteiger partial charge in [-0.2, -0.15) is 0 Å². The third kappa shape index (κ3) is 3.75. The Morgan fingerprint density at radius 1 is 1.43 bits per heavy atom. The SMILES string of the molecule is COC1CC(C(=O)O)N(C(=O)Nc2ccc(Br)cc2Br)C1. The van der Waals surface area contributed by atoms with Crippen molar-refractivity contribution in [3.63, 3.8) is 0 Å². The molecule has 2 rings (SSSR count). The van der Waals surface area contributed by atoms with Gasteiger partial charge in [-0.25, -0.2) is 9.59 Å². The number of amides is 2. The zero-order valence-corrected chi connectivity index (χ0v) is 14.3. The highest BCUT2D eigenvalue weighted by Crippen LogP contribution is 2.27. The first-order valence-electron chi connectivity index (χ1n) is 6.20. The van der Waals surface area contributed by atoms with Gasteiger partial charge in [0, 0.05) is 29.0 Å². The molecule has 2 unspecified atom stereocenters. The molecule has 1 aromatic rings. The number of nitrogens with one attached hydrogen (secondary N) is 1. The number of rotatable bonds is 3. The van der Waals surface area contributed by atoms with Gasteiger partial charge in [-0.15, -0.1) is 0 Å². The summed E-state index contributed by atoms with van der Waals surface area (Å²) in [5.41, 5.74) is 0.577. The Morgan fingerprint density at radius 2 is 2.14 bits per heavy atom. The lowest BCUT2D eigenvalue weighted by molar-refractivity contribution is -0.141. The number of anilines is 1. The number of nitrogens with zero attached hydrogens (tertiary/aromatic N) is 1. The van der Waals surface area contributed by atoms with Crippen LogP contribution in [0.3, 0.4) is 0 Å². The Hall–Kier alpha value is -1.12. The van der Waals surface area contributed by atoms with Gasteiger partial charge < -0.3 is 20.1 Å². The summed E-state index contributed by atoms with van der Waals surface area (Å²) in [5.74, 6) is -1.03. The molecule has 1 aliphatic heterocycles. The first kappa shape index (κ1) is 16.3. The minimum atomic E-state index is -1.03. The number of carbonyl (C=O) groups is 2. The number of carbonyl (C=O) groups excluding carboxylic acids is 1. The summed E-state index contributed by atoms with van der Waals surface area (Å²) in [4.78, 5) is 24.8. The first-order chi connectivity index (χ1) is 9.92. The molecular formula is C13H14Br2N2O4. The van der Waals surface area contributed by atoms with Gasteiger partial charge in [-0.3, -0.25) is 0 Å². The van der Waals surface area contributed by atoms with Crippen LogP contribution in [0.15, 0.2) is 27.1 Å². The summed E-state index contributed by atoms with van der Waals surface area (Å²) in [6.07, 6.45) is 0.0334. The summed E-state index contributed by atoms with van der Waals surface area (Å²) in [6, 6.07) is 3.99. The fraction of sp³-hybridized carbons (Fsp3) is 0.385. The van der Waals surface area contributed by atoms with E-state index in [2.05, 4.69) is 37.2 Å². The van der Waals surface area contributed by atoms with Crippen LogP contribution in [-0.4, -0.2) is 47.8 Å². The van der Waals surface area contributed by atoms with E-state index in [0.717, 1.165) is 4.47 Å². The number of carboxylic acid groups (broad SMARTS) is 1. The molecule has 21 heavy (non-hydrogen) atoms. The number of benzene rings is 1. The minimum absolute atomic E-state index is 0.257. The molecule has 1 fully saturated rings. The number of likely N-dealkylation sites (tertiary alicyclic amines) is 1. The Bertz CT molecular complexity index is 567. The molecule has 114 valence electrons. The number of urea groups is 1. The highest BCUT2D eigenvalue weighted by molar-refractivity contribution is 9.11. The van der Waals surface area contributed by atoms with Crippen molar-refractivity contribution in [1.82, 2.24) is 4.90 Å². The van der Waals surface area contributed by atoms with Gasteiger partial charge in [0.2, 0.25) is 0 Å². The molecule has 0 aromatic heterocycles. The van der Waals surface area contributed by atoms with E-state index in [1.165, 1.54) is 12.0 Å². The van der Waals surface area contributed by atoms with Crippen LogP contribution in [0.1, 0.15) is 6.42 Å². The van der Waals surface area contributed by atoms with Crippen molar-refractivity contribution in [2.24, 2.45) is 0 Å². The zero-order valence-electron chi connectivity index (χ0n) is 11.2. The molecule has 2 atom stereocenters. The first-order valence-corrected chi connectivity index (χ1v) is 7.79. The van der Waals surface area contributed by atoms with E-state index in [-0.39, 0.29) is 12.6 Å². The van der Waals surface area contributed by atoms with Crippen LogP contribution < -0.4 is 5.32 Å². The van der Waals surface area contributed by atoms with E-state index in [1.807, 2.05) is 0 Å². The van der Waals surface area contributed by atoms with E-state index < -0.39 is 18.0 Å². The van der Waals surface area contributed by atoms with Crippen molar-refractivity contribution in [1.29, 1.82) is 0 Å². The molecule has 0 saturated carbocycles. The molecule has 1 aliphatic rings. The number of hydrogen-bond acceptors (Lipinski definition) is 3. The molecule has 0 bridgehead atoms. The average molecular weight is 422 g/mol. The van der Waals surface area contributed by atoms with Crippen molar-refractivity contribution in [2.75, 3.05) is 19.0 Å². The van der Waals surface area contributed by atoms with Crippen LogP contribution in [0, 0.1) is 0 Å². The third-order valence-electron chi connectivity index (χ3n) is 3.31. The lowest BCUT2D eigenvalue weighted by Crippen LogP contribution is -2.43. The number of aliphatic carboxylic acids is 1. The Kier molecular flexibility index (Phi) is 5.23. The second kappa shape index (κ2) is 6.76. The van der Waals surface area contributed by atoms with Gasteiger partial charge in [0.25, 0.3) is 0 Å². The van der Waals surface area contributed by atoms with Crippen LogP contribution in [0.4, 0.5) is 10.5 Å². The number of methoxy groups -OCH3 is 1. The molecule has 1 aromatic carbocycles. The van der Waals surface area contributed by atoms with Gasteiger partial charge in [-0.1, -0.05) is 15.9 Å². The molecule has 1 heterocycles. The average Bonchev–Trinajstić information content (AvgIpc) is 2.86. The normalized spacial score (nSPS) is 21.4. The maximum absolute atomic E-state index is 12.3. The topological polar surface area (TPSA) is 78.9 Å². The van der Waals surface area contributed by atoms with Crippen molar-refractivity contribution in [3.05, 3.63) is 27.1 Å². The molecule has 2 N–H and O–H groups in total. The van der Waals surface area contributed by atoms with E-state index in [4.69, 9.17) is 4.74 Å². The van der Waals surface area contributed by atoms with E-state index >= 15 is 0 Å². The van der Waals surface area contributed by atoms with Crippen LogP contribution in [-0.2, 0) is 9.53 Å². The molecule has 0 radical (unpaired) electrons. The molecule has 0 aliphatic carbocycles. The smallest absolute Gasteiger partial charge is 0.326 e. The summed E-state index contributed by atoms with van der Waals surface area (Å²) in [7, 11) is 1.51. The predicted molar refractivity (Wildman–Crippen MR) is 84.4 cm³/mol. The standard InChI is InChI=1S/C13H14Br2N2O4/c1-21-8-5-11(12(18)19)17(6-8)13(20)16-10-3-2-7(14)4-9(10)15/h2-4,8,11H,5-6H2,1H3,(H,16,20)(H,18,19). The minimum Gasteiger partial charge on any atom is -0.480 e. The second-order valence-corrected chi connectivity index (χ2v) is 6.42. The van der Waals surface area contributed by atoms with Crippen LogP contribution in [0.5, 0.6) is 0 Å². The van der Waals surface area contributed by atoms with Crippen molar-refractivity contribution < 1.29 is 19.4 Å². The van der Waals surface area contributed by atoms with Gasteiger partial charge in [-0.05, 0) is 34.1 Å². The van der Waals surface area contributed by atoms with Crippen LogP contribution in [0.2, 0.25) is 0 Å². The summed E-state index contributed by atoms with van der Waals surface area (Å²) in [6.45, 7) is 0.257. The zero-order chi connectivity index (χ0) is 15.6. The lowest BCUT2D eigenvalue weighted by Gasteiger charge is -2.22. The van der Waals surface area contributed by atoms with E-state index in [0.29, 0.717) is 16.6 Å². The third-order valence-corrected chi connectivity index (χ3v) is 4.46. The van der Waals surface area contributed by atoms with Crippen molar-refractivity contribution in [2.45, 2.75) is 18.6 Å². The molecule has 6 nitrogen and oxygen atoms in total. The van der Waals surface area contributed by atoms with E-state index in [9.17, 15) is 14.7 Å². The fourth-order valence-electron chi connectivity index (χ4n) is 2.20. The van der Waals surface area contributed by atoms with Crippen LogP contribution in [0.25, 0.3) is 0 Å². The molecule has 0 spiro atoms. The number of ether oxygens (including phenoxy) is 1. The molecule has 8 heteroatoms. The van der Waals surface area contributed by atoms with E-state index in [1.54, 1.807) is 18.2 Å². The Labute approximate surface area is 138 Å². The quantitative estimate of drug-likeness (QED) is 0.786. The van der Waals surface area contributed by atoms with Gasteiger partial charge >= 0.3 is 12.0 Å². The largest absolute Gasteiger partial charge is 0.480 e. The fourth-order valence-corrected chi connectivity index (χ4v) is 3.35. The highest BCUT2D eigenvalue weighted by atomic mass is 79.9. The molecule has 1 saturated heterocycles. The monoisotopic (exact) mass is 420 g/mol. The summed E-state index contributed by atoms with van der Waals surface area (Å²) < 4.78 is 6.74. The lowest BCUT2D eigenvalue weighted by atomic mass is 10.2. The van der Waals surface area contributed by atoms with Crippen LogP contribution >= 0.6 is 31.9 Å². The molecular weight excluding hydrogens is 408 g/mol. The maximum atomic E-state index is 12.3. The summed E-state index contributed by atoms with van der Waals surface area (Å²) in [5, 5.41) is 11.9. The predicted octanol–water partition coefficient (Wildman–Crippen LogP) is 2.92. The Morgan fingerprint density at radius 3 is 2.71 bits per heavy atom. The second-order valence-electron chi connectivity index (χ2n) is 4.65. The van der Waals surface area contributed by atoms with Gasteiger partial charge in [0.05, 0.1) is 11.8 Å².